The van der Waals surface area contributed by atoms with Crippen LogP contribution in [0.3, 0.4) is 0 Å². The molecule has 0 aromatic heterocycles. The fraction of sp³-hybridized carbons (Fsp3) is 0.500. The zero-order chi connectivity index (χ0) is 13.9. The van der Waals surface area contributed by atoms with Gasteiger partial charge in [-0.15, -0.1) is 0 Å². The molecule has 0 aliphatic carbocycles. The van der Waals surface area contributed by atoms with Crippen molar-refractivity contribution in [1.29, 1.82) is 0 Å². The second-order valence-electron chi connectivity index (χ2n) is 5.27. The number of hydrogen-bond donors (Lipinski definition) is 2. The van der Waals surface area contributed by atoms with Crippen LogP contribution in [0.1, 0.15) is 25.3 Å². The Kier molecular flexibility index (Phi) is 3.95. The van der Waals surface area contributed by atoms with Gasteiger partial charge in [-0.05, 0) is 42.5 Å². The van der Waals surface area contributed by atoms with Crippen molar-refractivity contribution in [1.82, 2.24) is 0 Å². The molecule has 2 rings (SSSR count). The second kappa shape index (κ2) is 5.48. The van der Waals surface area contributed by atoms with Gasteiger partial charge < -0.3 is 20.3 Å². The van der Waals surface area contributed by atoms with Gasteiger partial charge in [0.1, 0.15) is 0 Å². The Hall–Kier alpha value is -1.75. The van der Waals surface area contributed by atoms with E-state index in [4.69, 9.17) is 20.3 Å². The number of ether oxygens (including phenoxy) is 2. The monoisotopic (exact) mass is 265 g/mol. The molecule has 0 amide bonds. The number of carbonyl (C=O) groups is 1. The van der Waals surface area contributed by atoms with E-state index in [2.05, 4.69) is 0 Å². The van der Waals surface area contributed by atoms with Crippen molar-refractivity contribution in [3.8, 4) is 11.5 Å². The largest absolute Gasteiger partial charge is 0.481 e. The normalized spacial score (nSPS) is 16.1. The van der Waals surface area contributed by atoms with E-state index in [9.17, 15) is 4.79 Å². The lowest BCUT2D eigenvalue weighted by Gasteiger charge is -2.26. The quantitative estimate of drug-likeness (QED) is 0.819. The number of carboxylic acids is 1. The summed E-state index contributed by atoms with van der Waals surface area (Å²) in [7, 11) is 0. The van der Waals surface area contributed by atoms with Gasteiger partial charge >= 0.3 is 5.97 Å². The standard InChI is InChI=1S/C14H19NO4/c1-14(8-15,7-13(16)17)5-4-10-2-3-11-12(6-10)19-9-18-11/h2-3,6H,4-5,7-9,15H2,1H3,(H,16,17). The van der Waals surface area contributed by atoms with Gasteiger partial charge in [0.05, 0.1) is 6.42 Å². The molecule has 0 radical (unpaired) electrons. The molecule has 0 spiro atoms. The Balaban J connectivity index is 1.99. The van der Waals surface area contributed by atoms with Crippen LogP contribution in [0.5, 0.6) is 11.5 Å². The molecular formula is C14H19NO4. The first-order chi connectivity index (χ1) is 9.02. The van der Waals surface area contributed by atoms with Crippen LogP contribution in [0.15, 0.2) is 18.2 Å². The molecule has 3 N–H and O–H groups in total. The Morgan fingerprint density at radius 3 is 2.84 bits per heavy atom. The van der Waals surface area contributed by atoms with Gasteiger partial charge in [0.15, 0.2) is 11.5 Å². The first-order valence-electron chi connectivity index (χ1n) is 6.33. The predicted octanol–water partition coefficient (Wildman–Crippen LogP) is 1.79. The van der Waals surface area contributed by atoms with Crippen LogP contribution in [0, 0.1) is 5.41 Å². The molecular weight excluding hydrogens is 246 g/mol. The topological polar surface area (TPSA) is 81.8 Å². The van der Waals surface area contributed by atoms with Crippen molar-refractivity contribution in [2.75, 3.05) is 13.3 Å². The summed E-state index contributed by atoms with van der Waals surface area (Å²) in [4.78, 5) is 10.8. The fourth-order valence-electron chi connectivity index (χ4n) is 2.17. The summed E-state index contributed by atoms with van der Waals surface area (Å²) in [5.41, 5.74) is 6.43. The highest BCUT2D eigenvalue weighted by atomic mass is 16.7. The summed E-state index contributed by atoms with van der Waals surface area (Å²) in [6, 6.07) is 5.81. The highest BCUT2D eigenvalue weighted by molar-refractivity contribution is 5.67. The van der Waals surface area contributed by atoms with Gasteiger partial charge in [0, 0.05) is 0 Å². The van der Waals surface area contributed by atoms with Crippen LogP contribution >= 0.6 is 0 Å². The SMILES string of the molecule is CC(CN)(CCc1ccc2c(c1)OCO2)CC(=O)O. The smallest absolute Gasteiger partial charge is 0.303 e. The van der Waals surface area contributed by atoms with Gasteiger partial charge in [0.2, 0.25) is 6.79 Å². The third-order valence-corrected chi connectivity index (χ3v) is 3.53. The molecule has 0 saturated heterocycles. The van der Waals surface area contributed by atoms with E-state index in [0.717, 1.165) is 29.9 Å². The van der Waals surface area contributed by atoms with Crippen LogP contribution in [0.2, 0.25) is 0 Å². The molecule has 1 aromatic carbocycles. The summed E-state index contributed by atoms with van der Waals surface area (Å²) in [5.74, 6) is 0.708. The number of fused-ring (bicyclic) bond motifs is 1. The summed E-state index contributed by atoms with van der Waals surface area (Å²) in [6.07, 6.45) is 1.60. The molecule has 1 heterocycles. The highest BCUT2D eigenvalue weighted by Crippen LogP contribution is 2.34. The minimum absolute atomic E-state index is 0.0913. The number of hydrogen-bond acceptors (Lipinski definition) is 4. The number of rotatable bonds is 6. The molecule has 1 aromatic rings. The molecule has 0 bridgehead atoms. The average Bonchev–Trinajstić information content (AvgIpc) is 2.83. The van der Waals surface area contributed by atoms with E-state index in [1.807, 2.05) is 25.1 Å². The Bertz CT molecular complexity index is 475. The summed E-state index contributed by atoms with van der Waals surface area (Å²) in [5, 5.41) is 8.91. The Morgan fingerprint density at radius 2 is 2.16 bits per heavy atom. The third kappa shape index (κ3) is 3.38. The van der Waals surface area contributed by atoms with Crippen molar-refractivity contribution in [2.45, 2.75) is 26.2 Å². The van der Waals surface area contributed by atoms with E-state index in [0.29, 0.717) is 6.54 Å². The van der Waals surface area contributed by atoms with E-state index in [-0.39, 0.29) is 18.6 Å². The first kappa shape index (κ1) is 13.7. The number of carboxylic acid groups (broad SMARTS) is 1. The van der Waals surface area contributed by atoms with E-state index < -0.39 is 5.97 Å². The van der Waals surface area contributed by atoms with Gasteiger partial charge in [0.25, 0.3) is 0 Å². The fourth-order valence-corrected chi connectivity index (χ4v) is 2.17. The number of nitrogens with two attached hydrogens (primary N) is 1. The number of benzene rings is 1. The number of aliphatic carboxylic acids is 1. The van der Waals surface area contributed by atoms with E-state index in [1.54, 1.807) is 0 Å². The number of aryl methyl sites for hydroxylation is 1. The molecule has 1 unspecified atom stereocenters. The molecule has 5 nitrogen and oxygen atoms in total. The maximum atomic E-state index is 10.8. The van der Waals surface area contributed by atoms with Crippen molar-refractivity contribution in [2.24, 2.45) is 11.1 Å². The highest BCUT2D eigenvalue weighted by Gasteiger charge is 2.26. The molecule has 0 fully saturated rings. The molecule has 1 atom stereocenters. The maximum Gasteiger partial charge on any atom is 0.303 e. The molecule has 19 heavy (non-hydrogen) atoms. The molecule has 1 aliphatic heterocycles. The van der Waals surface area contributed by atoms with Crippen LogP contribution in [-0.2, 0) is 11.2 Å². The molecule has 104 valence electrons. The van der Waals surface area contributed by atoms with Crippen LogP contribution in [0.4, 0.5) is 0 Å². The average molecular weight is 265 g/mol. The van der Waals surface area contributed by atoms with Crippen LogP contribution in [-0.4, -0.2) is 24.4 Å². The lowest BCUT2D eigenvalue weighted by atomic mass is 9.81. The lowest BCUT2D eigenvalue weighted by Crippen LogP contribution is -2.30. The third-order valence-electron chi connectivity index (χ3n) is 3.53. The Morgan fingerprint density at radius 1 is 1.42 bits per heavy atom. The van der Waals surface area contributed by atoms with Gasteiger partial charge in [-0.1, -0.05) is 13.0 Å². The summed E-state index contributed by atoms with van der Waals surface area (Å²) < 4.78 is 10.6. The van der Waals surface area contributed by atoms with Crippen molar-refractivity contribution >= 4 is 5.97 Å². The van der Waals surface area contributed by atoms with Crippen LogP contribution in [0.25, 0.3) is 0 Å². The lowest BCUT2D eigenvalue weighted by molar-refractivity contribution is -0.139. The summed E-state index contributed by atoms with van der Waals surface area (Å²) >= 11 is 0. The van der Waals surface area contributed by atoms with Crippen molar-refractivity contribution in [3.63, 3.8) is 0 Å². The van der Waals surface area contributed by atoms with E-state index >= 15 is 0 Å². The minimum atomic E-state index is -0.807. The minimum Gasteiger partial charge on any atom is -0.481 e. The van der Waals surface area contributed by atoms with Crippen molar-refractivity contribution in [3.05, 3.63) is 23.8 Å². The van der Waals surface area contributed by atoms with Crippen molar-refractivity contribution < 1.29 is 19.4 Å². The predicted molar refractivity (Wildman–Crippen MR) is 70.3 cm³/mol. The van der Waals surface area contributed by atoms with E-state index in [1.165, 1.54) is 0 Å². The second-order valence-corrected chi connectivity index (χ2v) is 5.27. The van der Waals surface area contributed by atoms with Gasteiger partial charge in [-0.2, -0.15) is 0 Å². The Labute approximate surface area is 112 Å². The zero-order valence-electron chi connectivity index (χ0n) is 11.0. The van der Waals surface area contributed by atoms with Gasteiger partial charge in [-0.3, -0.25) is 4.79 Å². The van der Waals surface area contributed by atoms with Gasteiger partial charge in [-0.25, -0.2) is 0 Å². The molecule has 1 aliphatic rings. The first-order valence-corrected chi connectivity index (χ1v) is 6.33. The summed E-state index contributed by atoms with van der Waals surface area (Å²) in [6.45, 7) is 2.54. The molecule has 0 saturated carbocycles. The van der Waals surface area contributed by atoms with Crippen LogP contribution < -0.4 is 15.2 Å². The molecule has 5 heteroatoms. The zero-order valence-corrected chi connectivity index (χ0v) is 11.0. The maximum absolute atomic E-state index is 10.8.